The van der Waals surface area contributed by atoms with Crippen LogP contribution >= 0.6 is 0 Å². The first-order chi connectivity index (χ1) is 12.8. The van der Waals surface area contributed by atoms with Gasteiger partial charge in [0.15, 0.2) is 0 Å². The molecule has 0 aromatic heterocycles. The summed E-state index contributed by atoms with van der Waals surface area (Å²) in [5.74, 6) is 0. The monoisotopic (exact) mass is 409 g/mol. The lowest BCUT2D eigenvalue weighted by atomic mass is 10.0. The maximum absolute atomic E-state index is 9.22. The van der Waals surface area contributed by atoms with Crippen LogP contribution in [0.25, 0.3) is 0 Å². The first-order valence-corrected chi connectivity index (χ1v) is 12.5. The fourth-order valence-electron chi connectivity index (χ4n) is 3.03. The minimum atomic E-state index is -4.41. The summed E-state index contributed by atoms with van der Waals surface area (Å²) in [6, 6.07) is 0. The number of hydrogen-bond acceptors (Lipinski definition) is 4. The average Bonchev–Trinajstić information content (AvgIpc) is 2.61. The third-order valence-electron chi connectivity index (χ3n) is 4.73. The van der Waals surface area contributed by atoms with Crippen molar-refractivity contribution in [1.29, 1.82) is 0 Å². The number of nitrogens with one attached hydrogen (secondary N) is 1. The molecule has 0 unspecified atom stereocenters. The molecule has 1 N–H and O–H groups in total. The van der Waals surface area contributed by atoms with Gasteiger partial charge >= 0.3 is 0 Å². The van der Waals surface area contributed by atoms with Crippen LogP contribution in [0.4, 0.5) is 0 Å². The lowest BCUT2D eigenvalue weighted by Crippen LogP contribution is -3.05. The Kier molecular flexibility index (Phi) is 23.8. The number of unbranched alkanes of at least 4 members (excludes halogenated alkanes) is 15. The Balaban J connectivity index is 0. The Labute approximate surface area is 170 Å². The van der Waals surface area contributed by atoms with Gasteiger partial charge in [0.1, 0.15) is 0 Å². The minimum Gasteiger partial charge on any atom is -0.726 e. The van der Waals surface area contributed by atoms with Crippen LogP contribution in [0.2, 0.25) is 0 Å². The fourth-order valence-corrected chi connectivity index (χ4v) is 3.03. The van der Waals surface area contributed by atoms with Crippen molar-refractivity contribution in [2.45, 2.75) is 110 Å². The van der Waals surface area contributed by atoms with E-state index in [1.807, 2.05) is 0 Å². The maximum atomic E-state index is 9.22. The van der Waals surface area contributed by atoms with Crippen molar-refractivity contribution in [3.8, 4) is 0 Å². The highest BCUT2D eigenvalue weighted by Gasteiger charge is 1.96. The predicted octanol–water partition coefficient (Wildman–Crippen LogP) is 4.49. The van der Waals surface area contributed by atoms with Crippen LogP contribution in [-0.4, -0.2) is 40.7 Å². The lowest BCUT2D eigenvalue weighted by Gasteiger charge is -2.06. The summed E-state index contributed by atoms with van der Waals surface area (Å²) in [6.45, 7) is 3.64. The second-order valence-electron chi connectivity index (χ2n) is 7.84. The molecule has 0 rings (SSSR count). The summed E-state index contributed by atoms with van der Waals surface area (Å²) in [4.78, 5) is 1.60. The molecular weight excluding hydrogens is 362 g/mol. The minimum absolute atomic E-state index is 0.808. The van der Waals surface area contributed by atoms with E-state index >= 15 is 0 Å². The predicted molar refractivity (Wildman–Crippen MR) is 114 cm³/mol. The third-order valence-corrected chi connectivity index (χ3v) is 5.14. The van der Waals surface area contributed by atoms with Gasteiger partial charge in [-0.15, -0.1) is 0 Å². The third kappa shape index (κ3) is 33.8. The van der Waals surface area contributed by atoms with Crippen LogP contribution in [-0.2, 0) is 14.6 Å². The van der Waals surface area contributed by atoms with Crippen molar-refractivity contribution >= 4 is 10.4 Å². The highest BCUT2D eigenvalue weighted by atomic mass is 32.3. The molecule has 0 heterocycles. The molecule has 0 aromatic rings. The van der Waals surface area contributed by atoms with Crippen LogP contribution in [0, 0.1) is 0 Å². The van der Waals surface area contributed by atoms with E-state index in [-0.39, 0.29) is 0 Å². The normalized spacial score (nSPS) is 11.5. The van der Waals surface area contributed by atoms with E-state index in [2.05, 4.69) is 25.2 Å². The SMILES string of the molecule is CCCCCCCCCCCCCCCCCC[NH+](C)C.COS(=O)(=O)[O-]. The van der Waals surface area contributed by atoms with Gasteiger partial charge in [0.25, 0.3) is 0 Å². The molecule has 166 valence electrons. The Bertz CT molecular complexity index is 372. The second kappa shape index (κ2) is 22.1. The average molecular weight is 410 g/mol. The first kappa shape index (κ1) is 29.0. The summed E-state index contributed by atoms with van der Waals surface area (Å²) < 4.78 is 31.0. The molecule has 0 aliphatic heterocycles. The largest absolute Gasteiger partial charge is 0.726 e. The van der Waals surface area contributed by atoms with E-state index in [4.69, 9.17) is 0 Å². The zero-order chi connectivity index (χ0) is 20.8. The van der Waals surface area contributed by atoms with Crippen LogP contribution in [0.5, 0.6) is 0 Å². The second-order valence-corrected chi connectivity index (χ2v) is 8.99. The van der Waals surface area contributed by atoms with Crippen LogP contribution < -0.4 is 4.90 Å². The van der Waals surface area contributed by atoms with Crippen molar-refractivity contribution in [3.05, 3.63) is 0 Å². The zero-order valence-electron chi connectivity index (χ0n) is 18.6. The van der Waals surface area contributed by atoms with Crippen LogP contribution in [0.3, 0.4) is 0 Å². The molecule has 6 heteroatoms. The molecule has 0 saturated carbocycles. The molecule has 0 saturated heterocycles. The Morgan fingerprint density at radius 2 is 0.926 bits per heavy atom. The molecule has 0 bridgehead atoms. The van der Waals surface area contributed by atoms with Gasteiger partial charge in [0.2, 0.25) is 10.4 Å². The van der Waals surface area contributed by atoms with E-state index in [1.54, 1.807) is 4.90 Å². The van der Waals surface area contributed by atoms with Crippen LogP contribution in [0.1, 0.15) is 110 Å². The smallest absolute Gasteiger partial charge is 0.217 e. The molecule has 0 aliphatic carbocycles. The Morgan fingerprint density at radius 3 is 1.15 bits per heavy atom. The molecule has 0 amide bonds. The van der Waals surface area contributed by atoms with E-state index in [1.165, 1.54) is 109 Å². The van der Waals surface area contributed by atoms with Gasteiger partial charge in [-0.1, -0.05) is 96.8 Å². The van der Waals surface area contributed by atoms with Gasteiger partial charge in [-0.2, -0.15) is 0 Å². The standard InChI is InChI=1S/C20H43N.CH4O4S/c1-4-5-6-7-8-9-10-11-12-13-14-15-16-17-18-19-20-21(2)3;1-5-6(2,3)4/h4-20H2,1-3H3;1H3,(H,2,3,4). The van der Waals surface area contributed by atoms with E-state index in [0.29, 0.717) is 0 Å². The molecule has 0 atom stereocenters. The summed E-state index contributed by atoms with van der Waals surface area (Å²) in [5, 5.41) is 0. The van der Waals surface area contributed by atoms with Gasteiger partial charge in [-0.05, 0) is 12.8 Å². The van der Waals surface area contributed by atoms with Gasteiger partial charge in [-0.25, -0.2) is 8.42 Å². The van der Waals surface area contributed by atoms with Crippen molar-refractivity contribution in [2.75, 3.05) is 27.7 Å². The maximum Gasteiger partial charge on any atom is 0.217 e. The first-order valence-electron chi connectivity index (χ1n) is 11.1. The fraction of sp³-hybridized carbons (Fsp3) is 1.00. The Morgan fingerprint density at radius 1 is 0.667 bits per heavy atom. The number of quaternary nitrogens is 1. The highest BCUT2D eigenvalue weighted by Crippen LogP contribution is 2.13. The molecule has 0 radical (unpaired) electrons. The van der Waals surface area contributed by atoms with E-state index in [0.717, 1.165) is 7.11 Å². The van der Waals surface area contributed by atoms with Gasteiger partial charge < -0.3 is 9.45 Å². The van der Waals surface area contributed by atoms with Crippen molar-refractivity contribution in [1.82, 2.24) is 0 Å². The molecular formula is C21H47NO4S. The molecule has 0 spiro atoms. The van der Waals surface area contributed by atoms with Crippen LogP contribution in [0.15, 0.2) is 0 Å². The summed E-state index contributed by atoms with van der Waals surface area (Å²) in [6.07, 6.45) is 23.4. The quantitative estimate of drug-likeness (QED) is 0.206. The molecule has 27 heavy (non-hydrogen) atoms. The number of rotatable bonds is 18. The van der Waals surface area contributed by atoms with Gasteiger partial charge in [0, 0.05) is 0 Å². The zero-order valence-corrected chi connectivity index (χ0v) is 19.4. The van der Waals surface area contributed by atoms with Gasteiger partial charge in [0.05, 0.1) is 27.7 Å². The van der Waals surface area contributed by atoms with E-state index in [9.17, 15) is 13.0 Å². The highest BCUT2D eigenvalue weighted by molar-refractivity contribution is 7.80. The molecule has 0 aromatic carbocycles. The Hall–Kier alpha value is -0.170. The van der Waals surface area contributed by atoms with Crippen molar-refractivity contribution in [2.24, 2.45) is 0 Å². The van der Waals surface area contributed by atoms with Crippen molar-refractivity contribution < 1.29 is 22.1 Å². The number of hydrogen-bond donors (Lipinski definition) is 1. The molecule has 0 aliphatic rings. The lowest BCUT2D eigenvalue weighted by molar-refractivity contribution is -0.858. The van der Waals surface area contributed by atoms with Gasteiger partial charge in [-0.3, -0.25) is 4.18 Å². The summed E-state index contributed by atoms with van der Waals surface area (Å²) in [5.41, 5.74) is 0. The molecule has 0 fully saturated rings. The molecule has 5 nitrogen and oxygen atoms in total. The summed E-state index contributed by atoms with van der Waals surface area (Å²) in [7, 11) is 0.906. The topological polar surface area (TPSA) is 70.9 Å². The van der Waals surface area contributed by atoms with E-state index < -0.39 is 10.4 Å². The van der Waals surface area contributed by atoms with Crippen molar-refractivity contribution in [3.63, 3.8) is 0 Å². The summed E-state index contributed by atoms with van der Waals surface area (Å²) >= 11 is 0.